The number of carboxylic acid groups (broad SMARTS) is 1. The molecule has 4 rings (SSSR count). The van der Waals surface area contributed by atoms with Crippen molar-refractivity contribution in [2.45, 2.75) is 32.2 Å². The van der Waals surface area contributed by atoms with Gasteiger partial charge in [-0.1, -0.05) is 62.4 Å². The van der Waals surface area contributed by atoms with Crippen LogP contribution >= 0.6 is 11.3 Å². The summed E-state index contributed by atoms with van der Waals surface area (Å²) in [6, 6.07) is 15.2. The van der Waals surface area contributed by atoms with Crippen molar-refractivity contribution in [3.05, 3.63) is 70.7 Å². The predicted octanol–water partition coefficient (Wildman–Crippen LogP) is 4.27. The molecule has 1 atom stereocenters. The Morgan fingerprint density at radius 1 is 1.06 bits per heavy atom. The molecule has 1 heterocycles. The molecular weight excluding hydrogens is 454 g/mol. The number of ether oxygens (including phenoxy) is 1. The van der Waals surface area contributed by atoms with E-state index in [-0.39, 0.29) is 24.9 Å². The highest BCUT2D eigenvalue weighted by molar-refractivity contribution is 7.13. The van der Waals surface area contributed by atoms with Crippen LogP contribution in [-0.4, -0.2) is 40.7 Å². The smallest absolute Gasteiger partial charge is 0.413 e. The number of fused-ring (bicyclic) bond motifs is 3. The highest BCUT2D eigenvalue weighted by Gasteiger charge is 2.29. The van der Waals surface area contributed by atoms with Crippen LogP contribution in [0.25, 0.3) is 11.1 Å². The van der Waals surface area contributed by atoms with Crippen LogP contribution in [0.2, 0.25) is 0 Å². The number of nitrogens with one attached hydrogen (secondary N) is 2. The molecule has 0 radical (unpaired) electrons. The number of nitrogens with zero attached hydrogens (tertiary/aromatic N) is 1. The maximum Gasteiger partial charge on any atom is 0.413 e. The van der Waals surface area contributed by atoms with Crippen molar-refractivity contribution in [1.29, 1.82) is 0 Å². The molecule has 0 fully saturated rings. The summed E-state index contributed by atoms with van der Waals surface area (Å²) in [6.45, 7) is 3.63. The molecule has 0 aliphatic heterocycles. The zero-order valence-corrected chi connectivity index (χ0v) is 19.6. The minimum atomic E-state index is -1.08. The second-order valence-electron chi connectivity index (χ2n) is 8.40. The maximum atomic E-state index is 12.4. The second kappa shape index (κ2) is 10.0. The van der Waals surface area contributed by atoms with Gasteiger partial charge < -0.3 is 15.2 Å². The van der Waals surface area contributed by atoms with Crippen LogP contribution in [0, 0.1) is 5.92 Å². The first-order valence-electron chi connectivity index (χ1n) is 10.9. The summed E-state index contributed by atoms with van der Waals surface area (Å²) in [5.74, 6) is -1.82. The molecular formula is C25H25N3O5S. The first kappa shape index (κ1) is 23.4. The fourth-order valence-electron chi connectivity index (χ4n) is 4.07. The Labute approximate surface area is 201 Å². The Morgan fingerprint density at radius 2 is 1.68 bits per heavy atom. The van der Waals surface area contributed by atoms with E-state index >= 15 is 0 Å². The van der Waals surface area contributed by atoms with Crippen molar-refractivity contribution in [3.63, 3.8) is 0 Å². The summed E-state index contributed by atoms with van der Waals surface area (Å²) in [5, 5.41) is 16.3. The molecule has 0 saturated carbocycles. The maximum absolute atomic E-state index is 12.4. The molecule has 3 N–H and O–H groups in total. The number of anilines is 1. The van der Waals surface area contributed by atoms with Crippen molar-refractivity contribution in [2.24, 2.45) is 5.92 Å². The molecule has 8 nitrogen and oxygen atoms in total. The molecule has 0 spiro atoms. The van der Waals surface area contributed by atoms with E-state index in [0.717, 1.165) is 22.3 Å². The third-order valence-corrected chi connectivity index (χ3v) is 6.50. The number of benzene rings is 2. The third kappa shape index (κ3) is 5.09. The van der Waals surface area contributed by atoms with E-state index in [9.17, 15) is 19.5 Å². The molecule has 2 amide bonds. The lowest BCUT2D eigenvalue weighted by Gasteiger charge is -2.17. The molecule has 0 unspecified atom stereocenters. The van der Waals surface area contributed by atoms with Crippen molar-refractivity contribution in [3.8, 4) is 11.1 Å². The van der Waals surface area contributed by atoms with E-state index in [2.05, 4.69) is 27.8 Å². The summed E-state index contributed by atoms with van der Waals surface area (Å²) in [4.78, 5) is 40.1. The fourth-order valence-corrected chi connectivity index (χ4v) is 4.77. The minimum Gasteiger partial charge on any atom is -0.480 e. The van der Waals surface area contributed by atoms with Crippen molar-refractivity contribution in [2.75, 3.05) is 11.9 Å². The normalized spacial score (nSPS) is 13.1. The Morgan fingerprint density at radius 3 is 2.26 bits per heavy atom. The Kier molecular flexibility index (Phi) is 6.93. The van der Waals surface area contributed by atoms with Crippen LogP contribution in [-0.2, 0) is 20.7 Å². The zero-order chi connectivity index (χ0) is 24.2. The number of amides is 2. The third-order valence-electron chi connectivity index (χ3n) is 5.70. The SMILES string of the molecule is CC(C)[C@H](NC(=O)Cc1csc(NC(=O)OCC2c3ccccc3-c3ccccc32)n1)C(=O)O. The number of aliphatic carboxylic acids is 1. The van der Waals surface area contributed by atoms with E-state index in [1.807, 2.05) is 36.4 Å². The number of rotatable bonds is 8. The van der Waals surface area contributed by atoms with Crippen molar-refractivity contribution < 1.29 is 24.2 Å². The molecule has 34 heavy (non-hydrogen) atoms. The van der Waals surface area contributed by atoms with Crippen LogP contribution in [0.5, 0.6) is 0 Å². The largest absolute Gasteiger partial charge is 0.480 e. The molecule has 1 aliphatic carbocycles. The Balaban J connectivity index is 1.33. The van der Waals surface area contributed by atoms with Gasteiger partial charge in [0.2, 0.25) is 5.91 Å². The lowest BCUT2D eigenvalue weighted by Crippen LogP contribution is -2.44. The number of thiazole rings is 1. The number of carboxylic acids is 1. The van der Waals surface area contributed by atoms with Crippen LogP contribution in [0.15, 0.2) is 53.9 Å². The van der Waals surface area contributed by atoms with E-state index in [4.69, 9.17) is 4.74 Å². The predicted molar refractivity (Wildman–Crippen MR) is 129 cm³/mol. The van der Waals surface area contributed by atoms with Crippen LogP contribution in [0.4, 0.5) is 9.93 Å². The van der Waals surface area contributed by atoms with Gasteiger partial charge in [-0.2, -0.15) is 0 Å². The first-order valence-corrected chi connectivity index (χ1v) is 11.8. The van der Waals surface area contributed by atoms with Gasteiger partial charge in [0.15, 0.2) is 5.13 Å². The molecule has 1 aliphatic rings. The number of carbonyl (C=O) groups excluding carboxylic acids is 2. The molecule has 3 aromatic rings. The second-order valence-corrected chi connectivity index (χ2v) is 9.26. The Hall–Kier alpha value is -3.72. The molecule has 0 bridgehead atoms. The van der Waals surface area contributed by atoms with Crippen molar-refractivity contribution >= 4 is 34.4 Å². The summed E-state index contributed by atoms with van der Waals surface area (Å²) in [5.41, 5.74) is 4.99. The average molecular weight is 480 g/mol. The average Bonchev–Trinajstić information content (AvgIpc) is 3.37. The van der Waals surface area contributed by atoms with Gasteiger partial charge >= 0.3 is 12.1 Å². The lowest BCUT2D eigenvalue weighted by molar-refractivity contribution is -0.143. The summed E-state index contributed by atoms with van der Waals surface area (Å²) < 4.78 is 5.51. The van der Waals surface area contributed by atoms with Crippen LogP contribution < -0.4 is 10.6 Å². The zero-order valence-electron chi connectivity index (χ0n) is 18.8. The highest BCUT2D eigenvalue weighted by Crippen LogP contribution is 2.44. The van der Waals surface area contributed by atoms with Crippen LogP contribution in [0.1, 0.15) is 36.6 Å². The van der Waals surface area contributed by atoms with Gasteiger partial charge in [-0.15, -0.1) is 11.3 Å². The van der Waals surface area contributed by atoms with E-state index in [0.29, 0.717) is 10.8 Å². The summed E-state index contributed by atoms with van der Waals surface area (Å²) >= 11 is 1.17. The van der Waals surface area contributed by atoms with Gasteiger partial charge in [0.05, 0.1) is 12.1 Å². The molecule has 9 heteroatoms. The van der Waals surface area contributed by atoms with Gasteiger partial charge in [0.1, 0.15) is 12.6 Å². The minimum absolute atomic E-state index is 0.0446. The van der Waals surface area contributed by atoms with Gasteiger partial charge in [0.25, 0.3) is 0 Å². The molecule has 176 valence electrons. The van der Waals surface area contributed by atoms with Crippen molar-refractivity contribution in [1.82, 2.24) is 10.3 Å². The van der Waals surface area contributed by atoms with Crippen LogP contribution in [0.3, 0.4) is 0 Å². The number of hydrogen-bond acceptors (Lipinski definition) is 6. The highest BCUT2D eigenvalue weighted by atomic mass is 32.1. The fraction of sp³-hybridized carbons (Fsp3) is 0.280. The van der Waals surface area contributed by atoms with Gasteiger partial charge in [0, 0.05) is 11.3 Å². The monoisotopic (exact) mass is 479 g/mol. The summed E-state index contributed by atoms with van der Waals surface area (Å²) in [7, 11) is 0. The number of aromatic nitrogens is 1. The standard InChI is InChI=1S/C25H25N3O5S/c1-14(2)22(23(30)31)27-21(29)11-15-13-34-24(26-15)28-25(32)33-12-20-18-9-5-3-7-16(18)17-8-4-6-10-19(17)20/h3-10,13-14,20,22H,11-12H2,1-2H3,(H,27,29)(H,30,31)(H,26,28,32)/t22-/m0/s1. The lowest BCUT2D eigenvalue weighted by atomic mass is 9.98. The van der Waals surface area contributed by atoms with Gasteiger partial charge in [-0.25, -0.2) is 14.6 Å². The van der Waals surface area contributed by atoms with Gasteiger partial charge in [-0.3, -0.25) is 10.1 Å². The van der Waals surface area contributed by atoms with E-state index in [1.165, 1.54) is 11.3 Å². The Bertz CT molecular complexity index is 1180. The van der Waals surface area contributed by atoms with E-state index in [1.54, 1.807) is 19.2 Å². The quantitative estimate of drug-likeness (QED) is 0.444. The number of hydrogen-bond donors (Lipinski definition) is 3. The number of carbonyl (C=O) groups is 3. The molecule has 0 saturated heterocycles. The topological polar surface area (TPSA) is 118 Å². The van der Waals surface area contributed by atoms with E-state index < -0.39 is 24.0 Å². The first-order chi connectivity index (χ1) is 16.3. The summed E-state index contributed by atoms with van der Waals surface area (Å²) in [6.07, 6.45) is -0.711. The molecule has 1 aromatic heterocycles. The molecule has 2 aromatic carbocycles. The van der Waals surface area contributed by atoms with Gasteiger partial charge in [-0.05, 0) is 28.2 Å².